The average Bonchev–Trinajstić information content (AvgIpc) is 2.98. The molecule has 1 heterocycles. The Balaban J connectivity index is 2.46. The minimum atomic E-state index is -0.384. The zero-order valence-electron chi connectivity index (χ0n) is 12.7. The highest BCUT2D eigenvalue weighted by atomic mass is 19.1. The zero-order chi connectivity index (χ0) is 15.4. The molecule has 0 spiro atoms. The smallest absolute Gasteiger partial charge is 0.163 e. The van der Waals surface area contributed by atoms with E-state index in [1.165, 1.54) is 20.3 Å². The maximum absolute atomic E-state index is 14.3. The molecule has 0 bridgehead atoms. The second kappa shape index (κ2) is 6.63. The first kappa shape index (κ1) is 15.4. The van der Waals surface area contributed by atoms with Crippen LogP contribution in [0.2, 0.25) is 0 Å². The molecule has 0 saturated heterocycles. The van der Waals surface area contributed by atoms with Crippen LogP contribution in [0.3, 0.4) is 0 Å². The van der Waals surface area contributed by atoms with Gasteiger partial charge in [-0.2, -0.15) is 0 Å². The number of aryl methyl sites for hydroxylation is 1. The number of methoxy groups -OCH3 is 2. The molecule has 0 aliphatic heterocycles. The van der Waals surface area contributed by atoms with Crippen LogP contribution in [0.15, 0.2) is 28.7 Å². The number of hydrogen-bond acceptors (Lipinski definition) is 4. The Morgan fingerprint density at radius 3 is 2.38 bits per heavy atom. The van der Waals surface area contributed by atoms with Crippen molar-refractivity contribution in [2.75, 3.05) is 21.3 Å². The van der Waals surface area contributed by atoms with Crippen molar-refractivity contribution in [3.63, 3.8) is 0 Å². The number of ether oxygens (including phenoxy) is 2. The Hall–Kier alpha value is -2.01. The van der Waals surface area contributed by atoms with Gasteiger partial charge in [-0.15, -0.1) is 0 Å². The summed E-state index contributed by atoms with van der Waals surface area (Å²) in [7, 11) is 4.76. The Kier molecular flexibility index (Phi) is 4.85. The molecule has 1 N–H and O–H groups in total. The molecule has 1 atom stereocenters. The van der Waals surface area contributed by atoms with Crippen LogP contribution in [0.5, 0.6) is 11.5 Å². The Labute approximate surface area is 123 Å². The fourth-order valence-corrected chi connectivity index (χ4v) is 2.28. The molecule has 0 aliphatic rings. The van der Waals surface area contributed by atoms with Gasteiger partial charge >= 0.3 is 0 Å². The van der Waals surface area contributed by atoms with Gasteiger partial charge in [0.1, 0.15) is 17.3 Å². The monoisotopic (exact) mass is 293 g/mol. The summed E-state index contributed by atoms with van der Waals surface area (Å²) in [5.41, 5.74) is 0.451. The Morgan fingerprint density at radius 1 is 1.19 bits per heavy atom. The molecule has 4 nitrogen and oxygen atoms in total. The quantitative estimate of drug-likeness (QED) is 0.887. The van der Waals surface area contributed by atoms with E-state index >= 15 is 0 Å². The minimum absolute atomic E-state index is 0.363. The van der Waals surface area contributed by atoms with Gasteiger partial charge in [0, 0.05) is 18.1 Å². The molecule has 1 aromatic carbocycles. The van der Waals surface area contributed by atoms with Crippen molar-refractivity contribution in [2.45, 2.75) is 19.4 Å². The molecule has 0 amide bonds. The first-order chi connectivity index (χ1) is 10.1. The predicted octanol–water partition coefficient (Wildman–Crippen LogP) is 3.31. The zero-order valence-corrected chi connectivity index (χ0v) is 12.7. The van der Waals surface area contributed by atoms with E-state index in [1.54, 1.807) is 13.1 Å². The lowest BCUT2D eigenvalue weighted by Gasteiger charge is -2.17. The Bertz CT molecular complexity index is 610. The van der Waals surface area contributed by atoms with Crippen LogP contribution in [-0.2, 0) is 6.42 Å². The number of nitrogens with one attached hydrogen (secondary N) is 1. The third-order valence-corrected chi connectivity index (χ3v) is 3.42. The molecule has 114 valence electrons. The summed E-state index contributed by atoms with van der Waals surface area (Å²) in [6, 6.07) is 6.32. The van der Waals surface area contributed by atoms with Crippen LogP contribution in [0.25, 0.3) is 0 Å². The maximum atomic E-state index is 14.3. The Morgan fingerprint density at radius 2 is 1.86 bits per heavy atom. The SMILES string of the molecule is CCc1ccc(C(NC)c2cc(OC)c(OC)cc2F)o1. The van der Waals surface area contributed by atoms with Crippen molar-refractivity contribution < 1.29 is 18.3 Å². The molecule has 1 unspecified atom stereocenters. The van der Waals surface area contributed by atoms with Crippen molar-refractivity contribution in [1.82, 2.24) is 5.32 Å². The van der Waals surface area contributed by atoms with E-state index in [0.717, 1.165) is 12.2 Å². The summed E-state index contributed by atoms with van der Waals surface area (Å²) < 4.78 is 30.4. The van der Waals surface area contributed by atoms with Gasteiger partial charge in [-0.05, 0) is 25.2 Å². The summed E-state index contributed by atoms with van der Waals surface area (Å²) in [6.45, 7) is 2.01. The number of rotatable bonds is 6. The summed E-state index contributed by atoms with van der Waals surface area (Å²) in [6.07, 6.45) is 0.796. The van der Waals surface area contributed by atoms with Gasteiger partial charge in [0.15, 0.2) is 11.5 Å². The van der Waals surface area contributed by atoms with Gasteiger partial charge in [-0.1, -0.05) is 6.92 Å². The van der Waals surface area contributed by atoms with Crippen LogP contribution in [0.1, 0.15) is 30.0 Å². The average molecular weight is 293 g/mol. The molecule has 0 fully saturated rings. The second-order valence-corrected chi connectivity index (χ2v) is 4.61. The normalized spacial score (nSPS) is 12.2. The summed E-state index contributed by atoms with van der Waals surface area (Å²) >= 11 is 0. The van der Waals surface area contributed by atoms with Gasteiger partial charge in [-0.25, -0.2) is 4.39 Å². The van der Waals surface area contributed by atoms with Crippen molar-refractivity contribution in [3.05, 3.63) is 47.2 Å². The van der Waals surface area contributed by atoms with Gasteiger partial charge in [0.25, 0.3) is 0 Å². The minimum Gasteiger partial charge on any atom is -0.493 e. The molecular weight excluding hydrogens is 273 g/mol. The lowest BCUT2D eigenvalue weighted by molar-refractivity contribution is 0.350. The number of halogens is 1. The van der Waals surface area contributed by atoms with Crippen molar-refractivity contribution in [2.24, 2.45) is 0 Å². The molecule has 21 heavy (non-hydrogen) atoms. The highest BCUT2D eigenvalue weighted by Gasteiger charge is 2.22. The first-order valence-corrected chi connectivity index (χ1v) is 6.81. The lowest BCUT2D eigenvalue weighted by Crippen LogP contribution is -2.18. The molecule has 0 aliphatic carbocycles. The molecule has 5 heteroatoms. The summed E-state index contributed by atoms with van der Waals surface area (Å²) in [4.78, 5) is 0. The third-order valence-electron chi connectivity index (χ3n) is 3.42. The van der Waals surface area contributed by atoms with E-state index in [-0.39, 0.29) is 11.9 Å². The van der Waals surface area contributed by atoms with Crippen LogP contribution in [0, 0.1) is 5.82 Å². The topological polar surface area (TPSA) is 43.6 Å². The van der Waals surface area contributed by atoms with Crippen LogP contribution in [-0.4, -0.2) is 21.3 Å². The standard InChI is InChI=1S/C16H20FNO3/c1-5-10-6-7-13(21-10)16(18-2)11-8-14(19-3)15(20-4)9-12(11)17/h6-9,16,18H,5H2,1-4H3. The summed E-state index contributed by atoms with van der Waals surface area (Å²) in [5, 5.41) is 3.07. The van der Waals surface area contributed by atoms with E-state index in [0.29, 0.717) is 22.8 Å². The van der Waals surface area contributed by atoms with E-state index in [2.05, 4.69) is 5.32 Å². The maximum Gasteiger partial charge on any atom is 0.163 e. The fraction of sp³-hybridized carbons (Fsp3) is 0.375. The molecule has 2 rings (SSSR count). The number of hydrogen-bond donors (Lipinski definition) is 1. The van der Waals surface area contributed by atoms with Crippen molar-refractivity contribution >= 4 is 0 Å². The fourth-order valence-electron chi connectivity index (χ4n) is 2.28. The van der Waals surface area contributed by atoms with E-state index in [4.69, 9.17) is 13.9 Å². The highest BCUT2D eigenvalue weighted by Crippen LogP contribution is 2.34. The van der Waals surface area contributed by atoms with Crippen molar-refractivity contribution in [1.29, 1.82) is 0 Å². The van der Waals surface area contributed by atoms with E-state index < -0.39 is 0 Å². The largest absolute Gasteiger partial charge is 0.493 e. The van der Waals surface area contributed by atoms with Crippen LogP contribution in [0.4, 0.5) is 4.39 Å². The lowest BCUT2D eigenvalue weighted by atomic mass is 10.0. The van der Waals surface area contributed by atoms with Gasteiger partial charge < -0.3 is 19.2 Å². The van der Waals surface area contributed by atoms with Gasteiger partial charge in [-0.3, -0.25) is 0 Å². The number of furan rings is 1. The molecule has 2 aromatic rings. The molecule has 1 aromatic heterocycles. The predicted molar refractivity (Wildman–Crippen MR) is 78.5 cm³/mol. The molecular formula is C16H20FNO3. The van der Waals surface area contributed by atoms with Crippen LogP contribution < -0.4 is 14.8 Å². The molecule has 0 radical (unpaired) electrons. The number of benzene rings is 1. The van der Waals surface area contributed by atoms with Gasteiger partial charge in [0.05, 0.1) is 20.3 Å². The highest BCUT2D eigenvalue weighted by molar-refractivity contribution is 5.46. The summed E-state index contributed by atoms with van der Waals surface area (Å²) in [5.74, 6) is 2.01. The van der Waals surface area contributed by atoms with E-state index in [9.17, 15) is 4.39 Å². The van der Waals surface area contributed by atoms with Crippen molar-refractivity contribution in [3.8, 4) is 11.5 Å². The first-order valence-electron chi connectivity index (χ1n) is 6.81. The third kappa shape index (κ3) is 3.03. The molecule has 0 saturated carbocycles. The second-order valence-electron chi connectivity index (χ2n) is 4.61. The van der Waals surface area contributed by atoms with Crippen LogP contribution >= 0.6 is 0 Å². The van der Waals surface area contributed by atoms with Gasteiger partial charge in [0.2, 0.25) is 0 Å². The van der Waals surface area contributed by atoms with E-state index in [1.807, 2.05) is 19.1 Å².